The lowest BCUT2D eigenvalue weighted by molar-refractivity contribution is 0.0599. The molecule has 0 saturated carbocycles. The Labute approximate surface area is 139 Å². The summed E-state index contributed by atoms with van der Waals surface area (Å²) >= 11 is 0. The van der Waals surface area contributed by atoms with Gasteiger partial charge >= 0.3 is 0 Å². The van der Waals surface area contributed by atoms with Gasteiger partial charge in [0.2, 0.25) is 0 Å². The van der Waals surface area contributed by atoms with Crippen LogP contribution in [0.3, 0.4) is 0 Å². The van der Waals surface area contributed by atoms with Crippen LogP contribution in [0.4, 0.5) is 0 Å². The Balaban J connectivity index is 1.71. The fourth-order valence-corrected chi connectivity index (χ4v) is 3.52. The van der Waals surface area contributed by atoms with Crippen molar-refractivity contribution in [2.24, 2.45) is 0 Å². The zero-order valence-corrected chi connectivity index (χ0v) is 13.9. The molecule has 1 amide bonds. The smallest absolute Gasteiger partial charge is 0.259 e. The number of aromatic nitrogens is 3. The highest BCUT2D eigenvalue weighted by Crippen LogP contribution is 2.32. The van der Waals surface area contributed by atoms with Crippen LogP contribution in [0.25, 0.3) is 11.0 Å². The van der Waals surface area contributed by atoms with Gasteiger partial charge in [-0.1, -0.05) is 17.3 Å². The zero-order chi connectivity index (χ0) is 16.7. The highest BCUT2D eigenvalue weighted by molar-refractivity contribution is 5.96. The third-order valence-corrected chi connectivity index (χ3v) is 4.73. The average Bonchev–Trinajstić information content (AvgIpc) is 3.17. The van der Waals surface area contributed by atoms with Gasteiger partial charge in [0.15, 0.2) is 0 Å². The van der Waals surface area contributed by atoms with E-state index in [4.69, 9.17) is 9.51 Å². The molecule has 1 aromatic carbocycles. The van der Waals surface area contributed by atoms with Crippen molar-refractivity contribution in [3.8, 4) is 0 Å². The maximum atomic E-state index is 13.1. The van der Waals surface area contributed by atoms with Crippen molar-refractivity contribution < 1.29 is 9.32 Å². The fraction of sp³-hybridized carbons (Fsp3) is 0.389. The van der Waals surface area contributed by atoms with Gasteiger partial charge in [0.25, 0.3) is 5.91 Å². The first-order chi connectivity index (χ1) is 11.6. The number of carbonyl (C=O) groups is 1. The van der Waals surface area contributed by atoms with Gasteiger partial charge in [-0.25, -0.2) is 4.98 Å². The van der Waals surface area contributed by atoms with E-state index in [1.54, 1.807) is 6.92 Å². The van der Waals surface area contributed by atoms with Crippen LogP contribution >= 0.6 is 0 Å². The maximum absolute atomic E-state index is 13.1. The van der Waals surface area contributed by atoms with Crippen LogP contribution in [-0.2, 0) is 0 Å². The molecule has 1 aliphatic rings. The zero-order valence-electron chi connectivity index (χ0n) is 13.9. The van der Waals surface area contributed by atoms with Gasteiger partial charge in [-0.3, -0.25) is 4.79 Å². The first kappa shape index (κ1) is 14.9. The Morgan fingerprint density at radius 1 is 1.29 bits per heavy atom. The summed E-state index contributed by atoms with van der Waals surface area (Å²) in [7, 11) is 0. The van der Waals surface area contributed by atoms with Gasteiger partial charge < -0.3 is 14.4 Å². The van der Waals surface area contributed by atoms with Crippen molar-refractivity contribution >= 4 is 16.9 Å². The van der Waals surface area contributed by atoms with E-state index in [-0.39, 0.29) is 11.9 Å². The Bertz CT molecular complexity index is 843. The summed E-state index contributed by atoms with van der Waals surface area (Å²) in [6.45, 7) is 4.32. The molecule has 1 fully saturated rings. The molecule has 0 spiro atoms. The predicted octanol–water partition coefficient (Wildman–Crippen LogP) is 3.54. The molecule has 24 heavy (non-hydrogen) atoms. The molecular formula is C18H20N4O2. The van der Waals surface area contributed by atoms with Crippen LogP contribution in [-0.4, -0.2) is 32.5 Å². The number of piperidine rings is 1. The Morgan fingerprint density at radius 2 is 2.12 bits per heavy atom. The number of benzene rings is 1. The SMILES string of the molecule is Cc1noc(C)c1C(=O)N1CCCC[C@H]1c1nc2ccccc2[nH]1. The Kier molecular flexibility index (Phi) is 3.59. The van der Waals surface area contributed by atoms with Crippen molar-refractivity contribution in [3.05, 3.63) is 47.1 Å². The highest BCUT2D eigenvalue weighted by atomic mass is 16.5. The van der Waals surface area contributed by atoms with Crippen LogP contribution in [0.15, 0.2) is 28.8 Å². The molecule has 1 aliphatic heterocycles. The van der Waals surface area contributed by atoms with E-state index in [9.17, 15) is 4.79 Å². The second-order valence-corrected chi connectivity index (χ2v) is 6.35. The van der Waals surface area contributed by atoms with E-state index in [0.29, 0.717) is 17.0 Å². The minimum absolute atomic E-state index is 0.0172. The van der Waals surface area contributed by atoms with Crippen LogP contribution < -0.4 is 0 Å². The van der Waals surface area contributed by atoms with Crippen LogP contribution in [0.1, 0.15) is 52.9 Å². The number of fused-ring (bicyclic) bond motifs is 1. The van der Waals surface area contributed by atoms with E-state index in [2.05, 4.69) is 10.1 Å². The molecule has 1 saturated heterocycles. The van der Waals surface area contributed by atoms with E-state index in [1.165, 1.54) is 0 Å². The summed E-state index contributed by atoms with van der Waals surface area (Å²) in [5.74, 6) is 1.42. The average molecular weight is 324 g/mol. The number of H-pyrrole nitrogens is 1. The largest absolute Gasteiger partial charge is 0.361 e. The number of nitrogens with zero attached hydrogens (tertiary/aromatic N) is 3. The van der Waals surface area contributed by atoms with Crippen LogP contribution in [0, 0.1) is 13.8 Å². The topological polar surface area (TPSA) is 75.0 Å². The molecule has 1 N–H and O–H groups in total. The lowest BCUT2D eigenvalue weighted by Gasteiger charge is -2.34. The minimum Gasteiger partial charge on any atom is -0.361 e. The molecule has 6 heteroatoms. The van der Waals surface area contributed by atoms with Crippen LogP contribution in [0.5, 0.6) is 0 Å². The van der Waals surface area contributed by atoms with E-state index in [0.717, 1.165) is 42.7 Å². The van der Waals surface area contributed by atoms with Gasteiger partial charge in [0, 0.05) is 6.54 Å². The number of hydrogen-bond donors (Lipinski definition) is 1. The third kappa shape index (κ3) is 2.38. The molecule has 4 rings (SSSR count). The quantitative estimate of drug-likeness (QED) is 0.782. The Hall–Kier alpha value is -2.63. The molecular weight excluding hydrogens is 304 g/mol. The van der Waals surface area contributed by atoms with Crippen LogP contribution in [0.2, 0.25) is 0 Å². The fourth-order valence-electron chi connectivity index (χ4n) is 3.52. The molecule has 124 valence electrons. The standard InChI is InChI=1S/C18H20N4O2/c1-11-16(12(2)24-21-11)18(23)22-10-6-5-9-15(22)17-19-13-7-3-4-8-14(13)20-17/h3-4,7-8,15H,5-6,9-10H2,1-2H3,(H,19,20)/t15-/m0/s1. The molecule has 2 aromatic heterocycles. The molecule has 0 unspecified atom stereocenters. The summed E-state index contributed by atoms with van der Waals surface area (Å²) in [5.41, 5.74) is 3.16. The first-order valence-electron chi connectivity index (χ1n) is 8.33. The molecule has 6 nitrogen and oxygen atoms in total. The summed E-state index contributed by atoms with van der Waals surface area (Å²) in [6.07, 6.45) is 3.01. The number of aryl methyl sites for hydroxylation is 2. The summed E-state index contributed by atoms with van der Waals surface area (Å²) < 4.78 is 5.18. The van der Waals surface area contributed by atoms with Gasteiger partial charge in [0.1, 0.15) is 17.1 Å². The molecule has 0 bridgehead atoms. The highest BCUT2D eigenvalue weighted by Gasteiger charge is 2.33. The first-order valence-corrected chi connectivity index (χ1v) is 8.33. The number of likely N-dealkylation sites (tertiary alicyclic amines) is 1. The minimum atomic E-state index is -0.0349. The third-order valence-electron chi connectivity index (χ3n) is 4.73. The summed E-state index contributed by atoms with van der Waals surface area (Å²) in [4.78, 5) is 23.1. The summed E-state index contributed by atoms with van der Waals surface area (Å²) in [6, 6.07) is 7.92. The number of rotatable bonds is 2. The number of aromatic amines is 1. The molecule has 3 aromatic rings. The van der Waals surface area contributed by atoms with E-state index in [1.807, 2.05) is 36.1 Å². The van der Waals surface area contributed by atoms with E-state index < -0.39 is 0 Å². The monoisotopic (exact) mass is 324 g/mol. The molecule has 3 heterocycles. The number of carbonyl (C=O) groups excluding carboxylic acids is 1. The van der Waals surface area contributed by atoms with Crippen molar-refractivity contribution in [2.45, 2.75) is 39.2 Å². The number of para-hydroxylation sites is 2. The second kappa shape index (κ2) is 5.78. The lowest BCUT2D eigenvalue weighted by Crippen LogP contribution is -2.39. The van der Waals surface area contributed by atoms with Crippen molar-refractivity contribution in [3.63, 3.8) is 0 Å². The van der Waals surface area contributed by atoms with Crippen molar-refractivity contribution in [1.29, 1.82) is 0 Å². The van der Waals surface area contributed by atoms with Crippen molar-refractivity contribution in [1.82, 2.24) is 20.0 Å². The molecule has 0 radical (unpaired) electrons. The molecule has 0 aliphatic carbocycles. The number of amides is 1. The van der Waals surface area contributed by atoms with E-state index >= 15 is 0 Å². The predicted molar refractivity (Wildman–Crippen MR) is 89.7 cm³/mol. The number of imidazole rings is 1. The maximum Gasteiger partial charge on any atom is 0.259 e. The van der Waals surface area contributed by atoms with Gasteiger partial charge in [-0.05, 0) is 45.2 Å². The normalized spacial score (nSPS) is 18.2. The Morgan fingerprint density at radius 3 is 2.88 bits per heavy atom. The molecule has 1 atom stereocenters. The van der Waals surface area contributed by atoms with Gasteiger partial charge in [-0.2, -0.15) is 0 Å². The van der Waals surface area contributed by atoms with Crippen molar-refractivity contribution in [2.75, 3.05) is 6.54 Å². The summed E-state index contributed by atoms with van der Waals surface area (Å²) in [5, 5.41) is 3.92. The van der Waals surface area contributed by atoms with Gasteiger partial charge in [0.05, 0.1) is 22.8 Å². The lowest BCUT2D eigenvalue weighted by atomic mass is 10.00. The number of nitrogens with one attached hydrogen (secondary N) is 1. The second-order valence-electron chi connectivity index (χ2n) is 6.35. The van der Waals surface area contributed by atoms with Gasteiger partial charge in [-0.15, -0.1) is 0 Å². The number of hydrogen-bond acceptors (Lipinski definition) is 4.